The lowest BCUT2D eigenvalue weighted by molar-refractivity contribution is -0.122. The quantitative estimate of drug-likeness (QED) is 0.472. The molecule has 0 radical (unpaired) electrons. The number of aromatic amines is 2. The van der Waals surface area contributed by atoms with E-state index in [1.54, 1.807) is 0 Å². The van der Waals surface area contributed by atoms with Crippen molar-refractivity contribution >= 4 is 44.8 Å². The zero-order chi connectivity index (χ0) is 19.3. The molecular formula is C23H19N3O2. The number of carbonyl (C=O) groups is 2. The normalized spacial score (nSPS) is 14.5. The zero-order valence-corrected chi connectivity index (χ0v) is 15.4. The van der Waals surface area contributed by atoms with Gasteiger partial charge in [0.2, 0.25) is 0 Å². The van der Waals surface area contributed by atoms with Gasteiger partial charge in [0, 0.05) is 34.4 Å². The molecule has 5 rings (SSSR count). The van der Waals surface area contributed by atoms with Crippen molar-refractivity contribution in [1.29, 1.82) is 0 Å². The predicted octanol–water partition coefficient (Wildman–Crippen LogP) is 4.17. The predicted molar refractivity (Wildman–Crippen MR) is 111 cm³/mol. The second-order valence-electron chi connectivity index (χ2n) is 7.07. The molecule has 5 heteroatoms. The van der Waals surface area contributed by atoms with Crippen molar-refractivity contribution in [3.63, 3.8) is 0 Å². The zero-order valence-electron chi connectivity index (χ0n) is 15.4. The third-order valence-corrected chi connectivity index (χ3v) is 5.38. The fraction of sp³-hybridized carbons (Fsp3) is 0.130. The van der Waals surface area contributed by atoms with E-state index in [9.17, 15) is 9.59 Å². The topological polar surface area (TPSA) is 77.8 Å². The first kappa shape index (κ1) is 16.6. The standard InChI is InChI=1S/C23H19N3O2/c1-2-5-13-6-3-8-15-17(12-25-20(13)15)19-18(22(27)26-23(19)28)16-9-4-7-14-10-11-24-21(14)16/h3-4,6-12,24-25H,2,5H2,1H3,(H,26,27,28). The molecule has 1 aliphatic heterocycles. The third kappa shape index (κ3) is 2.33. The van der Waals surface area contributed by atoms with Crippen LogP contribution in [0.5, 0.6) is 0 Å². The summed E-state index contributed by atoms with van der Waals surface area (Å²) in [5.41, 5.74) is 5.43. The Morgan fingerprint density at radius 3 is 2.43 bits per heavy atom. The average Bonchev–Trinajstić information content (AvgIpc) is 3.39. The minimum Gasteiger partial charge on any atom is -0.361 e. The Kier molecular flexibility index (Phi) is 3.69. The van der Waals surface area contributed by atoms with E-state index in [0.717, 1.165) is 45.8 Å². The number of aromatic nitrogens is 2. The van der Waals surface area contributed by atoms with E-state index in [2.05, 4.69) is 28.3 Å². The Labute approximate surface area is 161 Å². The molecule has 0 atom stereocenters. The van der Waals surface area contributed by atoms with Crippen LogP contribution in [0.1, 0.15) is 30.0 Å². The molecule has 4 aromatic rings. The van der Waals surface area contributed by atoms with Crippen LogP contribution >= 0.6 is 0 Å². The molecule has 2 aromatic heterocycles. The Hall–Kier alpha value is -3.60. The molecule has 28 heavy (non-hydrogen) atoms. The highest BCUT2D eigenvalue weighted by Gasteiger charge is 2.34. The Balaban J connectivity index is 1.81. The highest BCUT2D eigenvalue weighted by Crippen LogP contribution is 2.37. The molecule has 0 saturated heterocycles. The SMILES string of the molecule is CCCc1cccc2c(C3=C(c4cccc5cc[nH]c45)C(=O)NC3=O)c[nH]c12. The lowest BCUT2D eigenvalue weighted by Crippen LogP contribution is -2.22. The molecule has 0 unspecified atom stereocenters. The Morgan fingerprint density at radius 2 is 1.61 bits per heavy atom. The number of hydrogen-bond acceptors (Lipinski definition) is 2. The average molecular weight is 369 g/mol. The van der Waals surface area contributed by atoms with E-state index in [1.807, 2.05) is 48.8 Å². The molecule has 2 aromatic carbocycles. The molecule has 0 saturated carbocycles. The van der Waals surface area contributed by atoms with Crippen LogP contribution in [0.15, 0.2) is 54.9 Å². The van der Waals surface area contributed by atoms with Crippen molar-refractivity contribution in [1.82, 2.24) is 15.3 Å². The first-order valence-corrected chi connectivity index (χ1v) is 9.44. The molecule has 1 aliphatic rings. The molecule has 3 N–H and O–H groups in total. The molecule has 0 aliphatic carbocycles. The van der Waals surface area contributed by atoms with Crippen LogP contribution in [-0.2, 0) is 16.0 Å². The summed E-state index contributed by atoms with van der Waals surface area (Å²) in [7, 11) is 0. The van der Waals surface area contributed by atoms with Gasteiger partial charge in [-0.1, -0.05) is 49.7 Å². The monoisotopic (exact) mass is 369 g/mol. The number of carbonyl (C=O) groups excluding carboxylic acids is 2. The van der Waals surface area contributed by atoms with Crippen LogP contribution in [0, 0.1) is 0 Å². The van der Waals surface area contributed by atoms with Gasteiger partial charge in [-0.15, -0.1) is 0 Å². The summed E-state index contributed by atoms with van der Waals surface area (Å²) in [6, 6.07) is 13.8. The minimum atomic E-state index is -0.360. The van der Waals surface area contributed by atoms with E-state index < -0.39 is 0 Å². The maximum absolute atomic E-state index is 12.8. The maximum Gasteiger partial charge on any atom is 0.259 e. The summed E-state index contributed by atoms with van der Waals surface area (Å²) >= 11 is 0. The number of H-pyrrole nitrogens is 2. The number of nitrogens with one attached hydrogen (secondary N) is 3. The summed E-state index contributed by atoms with van der Waals surface area (Å²) in [5.74, 6) is -0.716. The third-order valence-electron chi connectivity index (χ3n) is 5.38. The highest BCUT2D eigenvalue weighted by molar-refractivity contribution is 6.50. The summed E-state index contributed by atoms with van der Waals surface area (Å²) in [6.07, 6.45) is 5.67. The van der Waals surface area contributed by atoms with E-state index in [1.165, 1.54) is 5.56 Å². The van der Waals surface area contributed by atoms with Crippen LogP contribution in [0.3, 0.4) is 0 Å². The Morgan fingerprint density at radius 1 is 0.821 bits per heavy atom. The summed E-state index contributed by atoms with van der Waals surface area (Å²) in [4.78, 5) is 32.1. The molecule has 5 nitrogen and oxygen atoms in total. The number of aryl methyl sites for hydroxylation is 1. The number of para-hydroxylation sites is 2. The van der Waals surface area contributed by atoms with Crippen molar-refractivity contribution in [2.24, 2.45) is 0 Å². The molecule has 3 heterocycles. The number of rotatable bonds is 4. The van der Waals surface area contributed by atoms with E-state index >= 15 is 0 Å². The molecule has 0 fully saturated rings. The summed E-state index contributed by atoms with van der Waals surface area (Å²) < 4.78 is 0. The van der Waals surface area contributed by atoms with Crippen molar-refractivity contribution in [2.45, 2.75) is 19.8 Å². The van der Waals surface area contributed by atoms with Gasteiger partial charge >= 0.3 is 0 Å². The van der Waals surface area contributed by atoms with Crippen LogP contribution < -0.4 is 5.32 Å². The number of fused-ring (bicyclic) bond motifs is 2. The van der Waals surface area contributed by atoms with E-state index in [-0.39, 0.29) is 11.8 Å². The fourth-order valence-corrected chi connectivity index (χ4v) is 4.16. The van der Waals surface area contributed by atoms with Crippen LogP contribution in [0.2, 0.25) is 0 Å². The van der Waals surface area contributed by atoms with Gasteiger partial charge < -0.3 is 9.97 Å². The second-order valence-corrected chi connectivity index (χ2v) is 7.07. The molecular weight excluding hydrogens is 350 g/mol. The maximum atomic E-state index is 12.8. The second kappa shape index (κ2) is 6.23. The molecule has 0 bridgehead atoms. The van der Waals surface area contributed by atoms with Gasteiger partial charge in [0.15, 0.2) is 0 Å². The molecule has 0 spiro atoms. The van der Waals surface area contributed by atoms with E-state index in [4.69, 9.17) is 0 Å². The lowest BCUT2D eigenvalue weighted by atomic mass is 9.94. The van der Waals surface area contributed by atoms with Gasteiger partial charge in [-0.2, -0.15) is 0 Å². The van der Waals surface area contributed by atoms with Gasteiger partial charge in [-0.3, -0.25) is 14.9 Å². The van der Waals surface area contributed by atoms with Gasteiger partial charge in [0.1, 0.15) is 0 Å². The van der Waals surface area contributed by atoms with E-state index in [0.29, 0.717) is 11.1 Å². The number of benzene rings is 2. The van der Waals surface area contributed by atoms with Crippen LogP contribution in [-0.4, -0.2) is 21.8 Å². The largest absolute Gasteiger partial charge is 0.361 e. The Bertz CT molecular complexity index is 1290. The first-order chi connectivity index (χ1) is 13.7. The van der Waals surface area contributed by atoms with Crippen molar-refractivity contribution in [2.75, 3.05) is 0 Å². The van der Waals surface area contributed by atoms with Crippen LogP contribution in [0.4, 0.5) is 0 Å². The smallest absolute Gasteiger partial charge is 0.259 e. The highest BCUT2D eigenvalue weighted by atomic mass is 16.2. The van der Waals surface area contributed by atoms with Crippen molar-refractivity contribution < 1.29 is 9.59 Å². The first-order valence-electron chi connectivity index (χ1n) is 9.44. The summed E-state index contributed by atoms with van der Waals surface area (Å²) in [6.45, 7) is 2.14. The van der Waals surface area contributed by atoms with Crippen LogP contribution in [0.25, 0.3) is 33.0 Å². The number of amides is 2. The number of imide groups is 1. The van der Waals surface area contributed by atoms with Gasteiger partial charge in [0.05, 0.1) is 16.7 Å². The van der Waals surface area contributed by atoms with Gasteiger partial charge in [-0.25, -0.2) is 0 Å². The van der Waals surface area contributed by atoms with Crippen molar-refractivity contribution in [3.8, 4) is 0 Å². The molecule has 138 valence electrons. The summed E-state index contributed by atoms with van der Waals surface area (Å²) in [5, 5.41) is 4.45. The lowest BCUT2D eigenvalue weighted by Gasteiger charge is -2.06. The van der Waals surface area contributed by atoms with Crippen molar-refractivity contribution in [3.05, 3.63) is 71.5 Å². The molecule has 2 amide bonds. The number of hydrogen-bond donors (Lipinski definition) is 3. The fourth-order valence-electron chi connectivity index (χ4n) is 4.16. The van der Waals surface area contributed by atoms with Gasteiger partial charge in [0.25, 0.3) is 11.8 Å². The van der Waals surface area contributed by atoms with Gasteiger partial charge in [-0.05, 0) is 23.4 Å². The minimum absolute atomic E-state index is 0.356.